The first-order valence-corrected chi connectivity index (χ1v) is 10.1. The lowest BCUT2D eigenvalue weighted by molar-refractivity contribution is 0.00949. The Kier molecular flexibility index (Phi) is 8.02. The van der Waals surface area contributed by atoms with E-state index in [-0.39, 0.29) is 11.6 Å². The Bertz CT molecular complexity index is 775. The minimum Gasteiger partial charge on any atom is -0.447 e. The fourth-order valence-electron chi connectivity index (χ4n) is 3.14. The van der Waals surface area contributed by atoms with Gasteiger partial charge in [-0.05, 0) is 31.2 Å². The number of oxazole rings is 1. The van der Waals surface area contributed by atoms with Crippen molar-refractivity contribution in [3.63, 3.8) is 0 Å². The number of anilines is 1. The van der Waals surface area contributed by atoms with E-state index in [1.54, 1.807) is 24.3 Å². The molecule has 1 amide bonds. The summed E-state index contributed by atoms with van der Waals surface area (Å²) < 4.78 is 10.7. The molecule has 158 valence electrons. The molecule has 1 saturated heterocycles. The highest BCUT2D eigenvalue weighted by Gasteiger charge is 2.21. The number of piperazine rings is 1. The average molecular weight is 423 g/mol. The predicted octanol–water partition coefficient (Wildman–Crippen LogP) is 2.10. The number of hydrogen-bond acceptors (Lipinski definition) is 7. The highest BCUT2D eigenvalue weighted by Crippen LogP contribution is 2.15. The molecule has 1 atom stereocenters. The smallest absolute Gasteiger partial charge is 0.277 e. The van der Waals surface area contributed by atoms with Crippen LogP contribution in [0.3, 0.4) is 0 Å². The second kappa shape index (κ2) is 10.7. The third kappa shape index (κ3) is 6.80. The number of amides is 1. The monoisotopic (exact) mass is 422 g/mol. The summed E-state index contributed by atoms with van der Waals surface area (Å²) in [6.07, 6.45) is 0.913. The normalized spacial score (nSPS) is 16.7. The Morgan fingerprint density at radius 1 is 1.28 bits per heavy atom. The van der Waals surface area contributed by atoms with Crippen molar-refractivity contribution in [2.45, 2.75) is 19.6 Å². The van der Waals surface area contributed by atoms with Gasteiger partial charge < -0.3 is 19.6 Å². The molecule has 2 N–H and O–H groups in total. The van der Waals surface area contributed by atoms with E-state index in [0.29, 0.717) is 42.9 Å². The van der Waals surface area contributed by atoms with E-state index in [1.165, 1.54) is 6.26 Å². The van der Waals surface area contributed by atoms with Gasteiger partial charge in [0.15, 0.2) is 5.69 Å². The molecule has 0 radical (unpaired) electrons. The lowest BCUT2D eigenvalue weighted by atomic mass is 10.2. The highest BCUT2D eigenvalue weighted by atomic mass is 35.5. The molecule has 0 saturated carbocycles. The summed E-state index contributed by atoms with van der Waals surface area (Å²) in [6, 6.07) is 6.87. The van der Waals surface area contributed by atoms with Gasteiger partial charge >= 0.3 is 0 Å². The fraction of sp³-hybridized carbons (Fsp3) is 0.500. The number of carbonyl (C=O) groups excluding carboxylic acids is 1. The van der Waals surface area contributed by atoms with Crippen LogP contribution in [0.15, 0.2) is 34.9 Å². The molecular formula is C20H27ClN4O4. The number of halogens is 1. The number of aromatic nitrogens is 1. The van der Waals surface area contributed by atoms with Gasteiger partial charge in [0.05, 0.1) is 19.3 Å². The average Bonchev–Trinajstić information content (AvgIpc) is 3.18. The Hall–Kier alpha value is -1.97. The maximum Gasteiger partial charge on any atom is 0.277 e. The number of carbonyl (C=O) groups is 1. The molecule has 0 aliphatic carbocycles. The standard InChI is InChI=1S/C20H27ClN4O4/c1-2-28-13-17(26)11-24-7-9-25(10-8-24)12-19-23-18(14-29-19)20(27)22-16-5-3-15(21)4-6-16/h3-6,14,17,26H,2,7-13H2,1H3,(H,22,27)/t17-/m0/s1. The molecule has 0 unspecified atom stereocenters. The number of aliphatic hydroxyl groups is 1. The van der Waals surface area contributed by atoms with E-state index < -0.39 is 6.10 Å². The summed E-state index contributed by atoms with van der Waals surface area (Å²) >= 11 is 5.85. The third-order valence-corrected chi connectivity index (χ3v) is 4.95. The summed E-state index contributed by atoms with van der Waals surface area (Å²) in [5.74, 6) is 0.187. The summed E-state index contributed by atoms with van der Waals surface area (Å²) in [6.45, 7) is 7.45. The first-order valence-electron chi connectivity index (χ1n) is 9.75. The quantitative estimate of drug-likeness (QED) is 0.639. The number of benzene rings is 1. The van der Waals surface area contributed by atoms with Gasteiger partial charge in [-0.15, -0.1) is 0 Å². The minimum atomic E-state index is -0.463. The SMILES string of the molecule is CCOC[C@@H](O)CN1CCN(Cc2nc(C(=O)Nc3ccc(Cl)cc3)co2)CC1. The Morgan fingerprint density at radius 3 is 2.66 bits per heavy atom. The zero-order valence-corrected chi connectivity index (χ0v) is 17.3. The molecule has 0 bridgehead atoms. The minimum absolute atomic E-state index is 0.243. The summed E-state index contributed by atoms with van der Waals surface area (Å²) in [5, 5.41) is 13.3. The molecule has 1 aliphatic heterocycles. The van der Waals surface area contributed by atoms with Gasteiger partial charge in [-0.2, -0.15) is 0 Å². The van der Waals surface area contributed by atoms with E-state index >= 15 is 0 Å². The lowest BCUT2D eigenvalue weighted by Crippen LogP contribution is -2.48. The van der Waals surface area contributed by atoms with Gasteiger partial charge in [0, 0.05) is 50.0 Å². The van der Waals surface area contributed by atoms with Crippen LogP contribution >= 0.6 is 11.6 Å². The number of aliphatic hydroxyl groups excluding tert-OH is 1. The van der Waals surface area contributed by atoms with Crippen LogP contribution in [0.4, 0.5) is 5.69 Å². The summed E-state index contributed by atoms with van der Waals surface area (Å²) in [4.78, 5) is 21.1. The van der Waals surface area contributed by atoms with Crippen LogP contribution in [0, 0.1) is 0 Å². The molecule has 1 fully saturated rings. The van der Waals surface area contributed by atoms with Crippen LogP contribution in [0.1, 0.15) is 23.3 Å². The number of hydrogen-bond donors (Lipinski definition) is 2. The van der Waals surface area contributed by atoms with Gasteiger partial charge in [0.1, 0.15) is 6.26 Å². The topological polar surface area (TPSA) is 91.1 Å². The maximum atomic E-state index is 12.3. The van der Waals surface area contributed by atoms with Gasteiger partial charge in [-0.1, -0.05) is 11.6 Å². The maximum absolute atomic E-state index is 12.3. The molecular weight excluding hydrogens is 396 g/mol. The highest BCUT2D eigenvalue weighted by molar-refractivity contribution is 6.30. The van der Waals surface area contributed by atoms with Crippen molar-refractivity contribution in [3.05, 3.63) is 47.1 Å². The number of β-amino-alcohol motifs (C(OH)–C–C–N with tert-alkyl or cyclic N) is 1. The molecule has 1 aromatic carbocycles. The molecule has 0 spiro atoms. The zero-order chi connectivity index (χ0) is 20.6. The summed E-state index contributed by atoms with van der Waals surface area (Å²) in [7, 11) is 0. The predicted molar refractivity (Wildman–Crippen MR) is 110 cm³/mol. The van der Waals surface area contributed by atoms with Crippen LogP contribution in [-0.4, -0.2) is 77.8 Å². The van der Waals surface area contributed by atoms with Gasteiger partial charge in [-0.3, -0.25) is 14.6 Å². The van der Waals surface area contributed by atoms with Gasteiger partial charge in [0.2, 0.25) is 5.89 Å². The van der Waals surface area contributed by atoms with E-state index in [1.807, 2.05) is 6.92 Å². The van der Waals surface area contributed by atoms with Gasteiger partial charge in [-0.25, -0.2) is 4.98 Å². The van der Waals surface area contributed by atoms with E-state index in [9.17, 15) is 9.90 Å². The van der Waals surface area contributed by atoms with E-state index in [2.05, 4.69) is 20.1 Å². The molecule has 1 aliphatic rings. The van der Waals surface area contributed by atoms with Crippen molar-refractivity contribution in [1.82, 2.24) is 14.8 Å². The first kappa shape index (κ1) is 21.7. The molecule has 3 rings (SSSR count). The number of nitrogens with zero attached hydrogens (tertiary/aromatic N) is 3. The second-order valence-electron chi connectivity index (χ2n) is 6.98. The third-order valence-electron chi connectivity index (χ3n) is 4.69. The molecule has 8 nitrogen and oxygen atoms in total. The van der Waals surface area contributed by atoms with E-state index in [4.69, 9.17) is 20.8 Å². The van der Waals surface area contributed by atoms with Crippen molar-refractivity contribution in [3.8, 4) is 0 Å². The van der Waals surface area contributed by atoms with Crippen molar-refractivity contribution in [2.75, 3.05) is 51.3 Å². The largest absolute Gasteiger partial charge is 0.447 e. The van der Waals surface area contributed by atoms with Crippen LogP contribution in [-0.2, 0) is 11.3 Å². The van der Waals surface area contributed by atoms with E-state index in [0.717, 1.165) is 26.2 Å². The number of ether oxygens (including phenoxy) is 1. The fourth-order valence-corrected chi connectivity index (χ4v) is 3.27. The zero-order valence-electron chi connectivity index (χ0n) is 16.5. The first-order chi connectivity index (χ1) is 14.0. The summed E-state index contributed by atoms with van der Waals surface area (Å²) in [5.41, 5.74) is 0.888. The second-order valence-corrected chi connectivity index (χ2v) is 7.41. The van der Waals surface area contributed by atoms with Gasteiger partial charge in [0.25, 0.3) is 5.91 Å². The molecule has 9 heteroatoms. The Balaban J connectivity index is 1.43. The van der Waals surface area contributed by atoms with Crippen LogP contribution in [0.25, 0.3) is 0 Å². The lowest BCUT2D eigenvalue weighted by Gasteiger charge is -2.34. The molecule has 2 heterocycles. The number of rotatable bonds is 9. The molecule has 1 aromatic heterocycles. The van der Waals surface area contributed by atoms with Crippen molar-refractivity contribution < 1.29 is 19.1 Å². The van der Waals surface area contributed by atoms with Crippen molar-refractivity contribution >= 4 is 23.2 Å². The van der Waals surface area contributed by atoms with Crippen LogP contribution in [0.5, 0.6) is 0 Å². The molecule has 2 aromatic rings. The molecule has 29 heavy (non-hydrogen) atoms. The Labute approximate surface area is 175 Å². The number of nitrogens with one attached hydrogen (secondary N) is 1. The van der Waals surface area contributed by atoms with Crippen molar-refractivity contribution in [1.29, 1.82) is 0 Å². The van der Waals surface area contributed by atoms with Crippen LogP contribution in [0.2, 0.25) is 5.02 Å². The van der Waals surface area contributed by atoms with Crippen molar-refractivity contribution in [2.24, 2.45) is 0 Å². The Morgan fingerprint density at radius 2 is 1.97 bits per heavy atom. The van der Waals surface area contributed by atoms with Crippen LogP contribution < -0.4 is 5.32 Å².